The molecule has 7 nitrogen and oxygen atoms in total. The summed E-state index contributed by atoms with van der Waals surface area (Å²) in [7, 11) is 3.23. The second-order valence-corrected chi connectivity index (χ2v) is 4.77. The molecule has 0 saturated carbocycles. The maximum atomic E-state index is 12.2. The van der Waals surface area contributed by atoms with Crippen LogP contribution in [0.2, 0.25) is 0 Å². The lowest BCUT2D eigenvalue weighted by molar-refractivity contribution is 0.0697. The molecule has 0 radical (unpaired) electrons. The number of amides is 1. The average Bonchev–Trinajstić information content (AvgIpc) is 2.93. The molecule has 100 valence electrons. The Morgan fingerprint density at radius 2 is 2.16 bits per heavy atom. The van der Waals surface area contributed by atoms with E-state index >= 15 is 0 Å². The van der Waals surface area contributed by atoms with Crippen molar-refractivity contribution in [2.75, 3.05) is 11.9 Å². The number of anilines is 1. The van der Waals surface area contributed by atoms with E-state index in [0.29, 0.717) is 16.3 Å². The summed E-state index contributed by atoms with van der Waals surface area (Å²) in [4.78, 5) is 24.7. The van der Waals surface area contributed by atoms with Gasteiger partial charge in [-0.2, -0.15) is 9.47 Å². The van der Waals surface area contributed by atoms with Gasteiger partial charge < -0.3 is 10.0 Å². The molecule has 0 saturated heterocycles. The van der Waals surface area contributed by atoms with Crippen molar-refractivity contribution in [2.24, 2.45) is 7.05 Å². The SMILES string of the molecule is Cc1nsc(N(C)C(=O)c2cnn(C)c2)c1C(=O)O. The van der Waals surface area contributed by atoms with Gasteiger partial charge in [0.2, 0.25) is 0 Å². The van der Waals surface area contributed by atoms with Crippen LogP contribution in [0, 0.1) is 6.92 Å². The number of carbonyl (C=O) groups is 2. The largest absolute Gasteiger partial charge is 0.478 e. The number of aryl methyl sites for hydroxylation is 2. The van der Waals surface area contributed by atoms with E-state index in [4.69, 9.17) is 5.11 Å². The lowest BCUT2D eigenvalue weighted by Gasteiger charge is -2.14. The smallest absolute Gasteiger partial charge is 0.340 e. The Hall–Kier alpha value is -2.22. The first-order valence-electron chi connectivity index (χ1n) is 5.38. The van der Waals surface area contributed by atoms with Gasteiger partial charge in [0.15, 0.2) is 0 Å². The minimum Gasteiger partial charge on any atom is -0.478 e. The van der Waals surface area contributed by atoms with Crippen molar-refractivity contribution >= 4 is 28.4 Å². The molecule has 2 rings (SSSR count). The van der Waals surface area contributed by atoms with Crippen LogP contribution in [0.5, 0.6) is 0 Å². The molecule has 0 bridgehead atoms. The molecule has 2 heterocycles. The fourth-order valence-electron chi connectivity index (χ4n) is 1.65. The summed E-state index contributed by atoms with van der Waals surface area (Å²) in [5, 5.41) is 13.4. The van der Waals surface area contributed by atoms with Gasteiger partial charge in [0.25, 0.3) is 5.91 Å². The predicted molar refractivity (Wildman–Crippen MR) is 69.8 cm³/mol. The molecular formula is C11H12N4O3S. The number of aromatic nitrogens is 3. The van der Waals surface area contributed by atoms with E-state index in [0.717, 1.165) is 11.5 Å². The monoisotopic (exact) mass is 280 g/mol. The van der Waals surface area contributed by atoms with Crippen LogP contribution in [0.1, 0.15) is 26.4 Å². The van der Waals surface area contributed by atoms with Crippen molar-refractivity contribution in [3.8, 4) is 0 Å². The summed E-state index contributed by atoms with van der Waals surface area (Å²) < 4.78 is 5.50. The molecule has 2 aromatic rings. The number of carboxylic acid groups (broad SMARTS) is 1. The van der Waals surface area contributed by atoms with Crippen molar-refractivity contribution in [3.63, 3.8) is 0 Å². The highest BCUT2D eigenvalue weighted by molar-refractivity contribution is 7.11. The Labute approximate surface area is 113 Å². The van der Waals surface area contributed by atoms with Crippen LogP contribution >= 0.6 is 11.5 Å². The summed E-state index contributed by atoms with van der Waals surface area (Å²) in [6.07, 6.45) is 3.01. The molecule has 2 aromatic heterocycles. The molecule has 0 atom stereocenters. The number of nitrogens with zero attached hydrogens (tertiary/aromatic N) is 4. The van der Waals surface area contributed by atoms with Crippen LogP contribution in [0.4, 0.5) is 5.00 Å². The highest BCUT2D eigenvalue weighted by atomic mass is 32.1. The third-order valence-electron chi connectivity index (χ3n) is 2.62. The van der Waals surface area contributed by atoms with Gasteiger partial charge in [0.05, 0.1) is 17.5 Å². The van der Waals surface area contributed by atoms with Gasteiger partial charge in [-0.05, 0) is 18.5 Å². The Morgan fingerprint density at radius 1 is 1.47 bits per heavy atom. The molecule has 1 N–H and O–H groups in total. The fourth-order valence-corrected chi connectivity index (χ4v) is 2.50. The van der Waals surface area contributed by atoms with E-state index in [2.05, 4.69) is 9.47 Å². The Morgan fingerprint density at radius 3 is 2.68 bits per heavy atom. The third-order valence-corrected chi connectivity index (χ3v) is 3.64. The summed E-state index contributed by atoms with van der Waals surface area (Å²) in [5.74, 6) is -1.41. The van der Waals surface area contributed by atoms with Crippen LogP contribution in [0.15, 0.2) is 12.4 Å². The quantitative estimate of drug-likeness (QED) is 0.911. The first kappa shape index (κ1) is 13.2. The van der Waals surface area contributed by atoms with Gasteiger partial charge in [0.1, 0.15) is 10.6 Å². The summed E-state index contributed by atoms with van der Waals surface area (Å²) in [6, 6.07) is 0. The Kier molecular flexibility index (Phi) is 3.34. The van der Waals surface area contributed by atoms with Gasteiger partial charge in [-0.15, -0.1) is 0 Å². The second-order valence-electron chi connectivity index (χ2n) is 4.02. The zero-order valence-corrected chi connectivity index (χ0v) is 11.4. The van der Waals surface area contributed by atoms with Crippen molar-refractivity contribution in [1.82, 2.24) is 14.2 Å². The standard InChI is InChI=1S/C11H12N4O3S/c1-6-8(11(17)18)10(19-13-6)15(3)9(16)7-4-12-14(2)5-7/h4-5H,1-3H3,(H,17,18). The highest BCUT2D eigenvalue weighted by Gasteiger charge is 2.25. The highest BCUT2D eigenvalue weighted by Crippen LogP contribution is 2.28. The van der Waals surface area contributed by atoms with Crippen molar-refractivity contribution in [2.45, 2.75) is 6.92 Å². The third kappa shape index (κ3) is 2.34. The van der Waals surface area contributed by atoms with E-state index in [1.54, 1.807) is 20.2 Å². The normalized spacial score (nSPS) is 10.5. The first-order chi connectivity index (χ1) is 8.91. The van der Waals surface area contributed by atoms with E-state index in [-0.39, 0.29) is 11.5 Å². The van der Waals surface area contributed by atoms with E-state index < -0.39 is 5.97 Å². The van der Waals surface area contributed by atoms with Crippen LogP contribution in [0.3, 0.4) is 0 Å². The molecule has 0 spiro atoms. The van der Waals surface area contributed by atoms with Crippen LogP contribution < -0.4 is 4.90 Å². The minimum absolute atomic E-state index is 0.0599. The number of rotatable bonds is 3. The molecule has 0 aliphatic rings. The fraction of sp³-hybridized carbons (Fsp3) is 0.273. The van der Waals surface area contributed by atoms with Crippen molar-refractivity contribution in [3.05, 3.63) is 29.2 Å². The topological polar surface area (TPSA) is 88.3 Å². The molecule has 0 unspecified atom stereocenters. The van der Waals surface area contributed by atoms with Gasteiger partial charge in [-0.25, -0.2) is 4.79 Å². The average molecular weight is 280 g/mol. The number of carbonyl (C=O) groups excluding carboxylic acids is 1. The number of hydrogen-bond acceptors (Lipinski definition) is 5. The molecule has 8 heteroatoms. The van der Waals surface area contributed by atoms with Gasteiger partial charge in [-0.3, -0.25) is 9.48 Å². The molecule has 0 fully saturated rings. The van der Waals surface area contributed by atoms with Crippen molar-refractivity contribution in [1.29, 1.82) is 0 Å². The van der Waals surface area contributed by atoms with Gasteiger partial charge in [0, 0.05) is 20.3 Å². The summed E-state index contributed by atoms with van der Waals surface area (Å²) in [6.45, 7) is 1.60. The molecule has 0 aromatic carbocycles. The molecule has 19 heavy (non-hydrogen) atoms. The van der Waals surface area contributed by atoms with E-state index in [1.165, 1.54) is 22.8 Å². The Bertz CT molecular complexity index is 646. The van der Waals surface area contributed by atoms with Crippen LogP contribution in [-0.4, -0.2) is 38.2 Å². The number of aromatic carboxylic acids is 1. The maximum Gasteiger partial charge on any atom is 0.340 e. The number of carboxylic acids is 1. The molecule has 0 aliphatic carbocycles. The van der Waals surface area contributed by atoms with Gasteiger partial charge in [-0.1, -0.05) is 0 Å². The second kappa shape index (κ2) is 4.81. The lowest BCUT2D eigenvalue weighted by Crippen LogP contribution is -2.26. The van der Waals surface area contributed by atoms with Gasteiger partial charge >= 0.3 is 5.97 Å². The molecular weight excluding hydrogens is 268 g/mol. The van der Waals surface area contributed by atoms with Crippen molar-refractivity contribution < 1.29 is 14.7 Å². The Balaban J connectivity index is 2.37. The minimum atomic E-state index is -1.09. The zero-order valence-electron chi connectivity index (χ0n) is 10.6. The number of hydrogen-bond donors (Lipinski definition) is 1. The summed E-state index contributed by atoms with van der Waals surface area (Å²) in [5.41, 5.74) is 0.857. The first-order valence-corrected chi connectivity index (χ1v) is 6.15. The molecule has 0 aliphatic heterocycles. The zero-order chi connectivity index (χ0) is 14.2. The predicted octanol–water partition coefficient (Wildman–Crippen LogP) is 1.16. The molecule has 1 amide bonds. The lowest BCUT2D eigenvalue weighted by atomic mass is 10.2. The van der Waals surface area contributed by atoms with Crippen LogP contribution in [0.25, 0.3) is 0 Å². The van der Waals surface area contributed by atoms with E-state index in [1.807, 2.05) is 0 Å². The van der Waals surface area contributed by atoms with E-state index in [9.17, 15) is 9.59 Å². The van der Waals surface area contributed by atoms with Crippen LogP contribution in [-0.2, 0) is 7.05 Å². The summed E-state index contributed by atoms with van der Waals surface area (Å²) >= 11 is 0.989. The maximum absolute atomic E-state index is 12.2.